The average molecular weight is 895 g/mol. The van der Waals surface area contributed by atoms with Crippen molar-refractivity contribution in [3.63, 3.8) is 0 Å². The Morgan fingerprint density at radius 1 is 0.386 bits per heavy atom. The maximum Gasteiger partial charge on any atom is 0.145 e. The lowest BCUT2D eigenvalue weighted by atomic mass is 9.81. The zero-order valence-corrected chi connectivity index (χ0v) is 38.9. The van der Waals surface area contributed by atoms with E-state index in [4.69, 9.17) is 4.42 Å². The van der Waals surface area contributed by atoms with Gasteiger partial charge in [0.2, 0.25) is 0 Å². The monoisotopic (exact) mass is 894 g/mol. The van der Waals surface area contributed by atoms with Crippen LogP contribution in [0.3, 0.4) is 0 Å². The fourth-order valence-corrected chi connectivity index (χ4v) is 11.7. The van der Waals surface area contributed by atoms with Crippen LogP contribution in [0.15, 0.2) is 247 Å². The van der Waals surface area contributed by atoms with E-state index in [9.17, 15) is 0 Å². The van der Waals surface area contributed by atoms with E-state index in [0.717, 1.165) is 61.4 Å². The van der Waals surface area contributed by atoms with Crippen molar-refractivity contribution in [2.75, 3.05) is 4.90 Å². The van der Waals surface area contributed by atoms with Gasteiger partial charge in [-0.2, -0.15) is 0 Å². The van der Waals surface area contributed by atoms with Crippen molar-refractivity contribution >= 4 is 71.6 Å². The number of para-hydroxylation sites is 4. The quantitative estimate of drug-likeness (QED) is 0.159. The molecule has 0 radical (unpaired) electrons. The predicted molar refractivity (Wildman–Crippen MR) is 294 cm³/mol. The maximum atomic E-state index is 7.06. The third kappa shape index (κ3) is 6.08. The molecule has 0 N–H and O–H groups in total. The van der Waals surface area contributed by atoms with Crippen molar-refractivity contribution in [2.24, 2.45) is 0 Å². The number of aromatic nitrogens is 1. The van der Waals surface area contributed by atoms with Crippen LogP contribution in [-0.2, 0) is 5.41 Å². The topological polar surface area (TPSA) is 21.3 Å². The van der Waals surface area contributed by atoms with Crippen molar-refractivity contribution in [3.05, 3.63) is 254 Å². The summed E-state index contributed by atoms with van der Waals surface area (Å²) < 4.78 is 9.45. The number of fused-ring (bicyclic) bond motifs is 10. The van der Waals surface area contributed by atoms with E-state index in [1.807, 2.05) is 0 Å². The van der Waals surface area contributed by atoms with Gasteiger partial charge in [0.15, 0.2) is 0 Å². The SMILES string of the molecule is CC1(C)c2ccccc2-c2ccc(-c3ccc(N(c4ccccc4-c4cccc5ccccc45)c4ccc(-c5cccc(-n6c7ccccc7c7ccccc76)c5)c5oc6ccccc6c45)cc3)cc21. The third-order valence-corrected chi connectivity index (χ3v) is 15.0. The molecular weight excluding hydrogens is 849 g/mol. The molecule has 70 heavy (non-hydrogen) atoms. The Morgan fingerprint density at radius 3 is 1.80 bits per heavy atom. The van der Waals surface area contributed by atoms with E-state index in [0.29, 0.717) is 0 Å². The molecule has 0 unspecified atom stereocenters. The van der Waals surface area contributed by atoms with E-state index in [1.54, 1.807) is 0 Å². The van der Waals surface area contributed by atoms with Gasteiger partial charge in [-0.15, -0.1) is 0 Å². The molecule has 0 amide bonds. The van der Waals surface area contributed by atoms with Crippen LogP contribution in [0.4, 0.5) is 17.1 Å². The largest absolute Gasteiger partial charge is 0.455 e. The van der Waals surface area contributed by atoms with E-state index >= 15 is 0 Å². The Hall–Kier alpha value is -8.92. The first-order valence-electron chi connectivity index (χ1n) is 24.2. The molecular formula is C67H46N2O. The lowest BCUT2D eigenvalue weighted by Crippen LogP contribution is -2.14. The van der Waals surface area contributed by atoms with Gasteiger partial charge in [-0.1, -0.05) is 190 Å². The van der Waals surface area contributed by atoms with E-state index in [2.05, 4.69) is 266 Å². The number of furan rings is 1. The molecule has 0 atom stereocenters. The number of benzene rings is 11. The second-order valence-corrected chi connectivity index (χ2v) is 19.2. The van der Waals surface area contributed by atoms with Crippen molar-refractivity contribution in [1.29, 1.82) is 0 Å². The van der Waals surface area contributed by atoms with Gasteiger partial charge in [0, 0.05) is 44.1 Å². The highest BCUT2D eigenvalue weighted by molar-refractivity contribution is 6.18. The zero-order valence-electron chi connectivity index (χ0n) is 38.9. The summed E-state index contributed by atoms with van der Waals surface area (Å²) in [6.45, 7) is 4.70. The van der Waals surface area contributed by atoms with Crippen molar-refractivity contribution in [3.8, 4) is 50.2 Å². The lowest BCUT2D eigenvalue weighted by molar-refractivity contribution is 0.660. The summed E-state index contributed by atoms with van der Waals surface area (Å²) in [5.74, 6) is 0. The first-order chi connectivity index (χ1) is 34.5. The Bertz CT molecular complexity index is 4170. The van der Waals surface area contributed by atoms with Crippen molar-refractivity contribution in [2.45, 2.75) is 19.3 Å². The molecule has 2 aromatic heterocycles. The van der Waals surface area contributed by atoms with Gasteiger partial charge in [0.05, 0.1) is 27.8 Å². The van der Waals surface area contributed by atoms with Crippen LogP contribution in [0.25, 0.3) is 105 Å². The second kappa shape index (κ2) is 15.6. The maximum absolute atomic E-state index is 7.06. The highest BCUT2D eigenvalue weighted by atomic mass is 16.3. The molecule has 3 heteroatoms. The van der Waals surface area contributed by atoms with Crippen LogP contribution < -0.4 is 4.90 Å². The summed E-state index contributed by atoms with van der Waals surface area (Å²) >= 11 is 0. The second-order valence-electron chi connectivity index (χ2n) is 19.2. The number of rotatable bonds is 7. The molecule has 2 heterocycles. The zero-order chi connectivity index (χ0) is 46.5. The molecule has 3 nitrogen and oxygen atoms in total. The summed E-state index contributed by atoms with van der Waals surface area (Å²) in [5, 5.41) is 7.04. The van der Waals surface area contributed by atoms with Gasteiger partial charge in [0.25, 0.3) is 0 Å². The average Bonchev–Trinajstić information content (AvgIpc) is 4.05. The lowest BCUT2D eigenvalue weighted by Gasteiger charge is -2.29. The molecule has 1 aliphatic rings. The minimum Gasteiger partial charge on any atom is -0.455 e. The molecule has 1 aliphatic carbocycles. The molecule has 11 aromatic carbocycles. The first kappa shape index (κ1) is 40.2. The van der Waals surface area contributed by atoms with Gasteiger partial charge in [-0.25, -0.2) is 0 Å². The number of anilines is 3. The standard InChI is InChI=1S/C67H46N2O/c1-67(2)58-28-10-5-22-52(58)53-38-35-45(42-59(53)67)43-33-36-47(37-34-43)68(60-29-11-6-23-54(60)51-27-16-18-44-17-3-4-21-49(44)51)63-40-39-50(66-65(63)57-26-9-14-32-64(57)70-66)46-19-15-20-48(41-46)69-61-30-12-7-24-55(61)56-25-8-13-31-62(56)69/h3-42H,1-2H3. The molecule has 0 spiro atoms. The summed E-state index contributed by atoms with van der Waals surface area (Å²) in [7, 11) is 0. The summed E-state index contributed by atoms with van der Waals surface area (Å²) in [5.41, 5.74) is 20.5. The Morgan fingerprint density at radius 2 is 0.986 bits per heavy atom. The van der Waals surface area contributed by atoms with Crippen LogP contribution in [-0.4, -0.2) is 4.57 Å². The number of hydrogen-bond acceptors (Lipinski definition) is 2. The fourth-order valence-electron chi connectivity index (χ4n) is 11.7. The van der Waals surface area contributed by atoms with E-state index in [1.165, 1.54) is 71.5 Å². The smallest absolute Gasteiger partial charge is 0.145 e. The molecule has 0 saturated heterocycles. The summed E-state index contributed by atoms with van der Waals surface area (Å²) in [6.07, 6.45) is 0. The van der Waals surface area contributed by atoms with Crippen LogP contribution in [0.1, 0.15) is 25.0 Å². The van der Waals surface area contributed by atoms with Gasteiger partial charge in [-0.3, -0.25) is 0 Å². The summed E-state index contributed by atoms with van der Waals surface area (Å²) in [4.78, 5) is 2.45. The predicted octanol–water partition coefficient (Wildman–Crippen LogP) is 18.6. The molecule has 0 saturated carbocycles. The highest BCUT2D eigenvalue weighted by Crippen LogP contribution is 2.51. The van der Waals surface area contributed by atoms with E-state index < -0.39 is 0 Å². The Labute approximate surface area is 406 Å². The van der Waals surface area contributed by atoms with Crippen LogP contribution >= 0.6 is 0 Å². The molecule has 0 fully saturated rings. The molecule has 14 rings (SSSR count). The van der Waals surface area contributed by atoms with Crippen molar-refractivity contribution in [1.82, 2.24) is 4.57 Å². The van der Waals surface area contributed by atoms with Crippen LogP contribution in [0.2, 0.25) is 0 Å². The van der Waals surface area contributed by atoms with Gasteiger partial charge < -0.3 is 13.9 Å². The third-order valence-electron chi connectivity index (χ3n) is 15.0. The number of nitrogens with zero attached hydrogens (tertiary/aromatic N) is 2. The van der Waals surface area contributed by atoms with Crippen LogP contribution in [0.5, 0.6) is 0 Å². The van der Waals surface area contributed by atoms with Crippen molar-refractivity contribution < 1.29 is 4.42 Å². The Balaban J connectivity index is 0.969. The van der Waals surface area contributed by atoms with Gasteiger partial charge >= 0.3 is 0 Å². The normalized spacial score (nSPS) is 12.8. The molecule has 13 aromatic rings. The highest BCUT2D eigenvalue weighted by Gasteiger charge is 2.35. The fraction of sp³-hybridized carbons (Fsp3) is 0.0448. The van der Waals surface area contributed by atoms with E-state index in [-0.39, 0.29) is 5.41 Å². The minimum absolute atomic E-state index is 0.0821. The first-order valence-corrected chi connectivity index (χ1v) is 24.2. The van der Waals surface area contributed by atoms with Gasteiger partial charge in [0.1, 0.15) is 11.2 Å². The molecule has 330 valence electrons. The molecule has 0 aliphatic heterocycles. The number of hydrogen-bond donors (Lipinski definition) is 0. The Kier molecular flexibility index (Phi) is 8.93. The summed E-state index contributed by atoms with van der Waals surface area (Å²) in [6, 6.07) is 88.6. The minimum atomic E-state index is -0.0821. The van der Waals surface area contributed by atoms with Gasteiger partial charge in [-0.05, 0) is 122 Å². The van der Waals surface area contributed by atoms with Crippen LogP contribution in [0, 0.1) is 0 Å². The molecule has 0 bridgehead atoms.